The summed E-state index contributed by atoms with van der Waals surface area (Å²) < 4.78 is 0. The minimum atomic E-state index is -0.207. The van der Waals surface area contributed by atoms with E-state index in [9.17, 15) is 4.79 Å². The number of nitrogens with zero attached hydrogens (tertiary/aromatic N) is 1. The lowest BCUT2D eigenvalue weighted by Gasteiger charge is -2.16. The molecule has 0 spiro atoms. The number of hydrogen-bond donors (Lipinski definition) is 2. The Balaban J connectivity index is 1.44. The van der Waals surface area contributed by atoms with Crippen molar-refractivity contribution in [2.45, 2.75) is 25.4 Å². The Kier molecular flexibility index (Phi) is 4.70. The van der Waals surface area contributed by atoms with Gasteiger partial charge in [-0.1, -0.05) is 53.5 Å². The van der Waals surface area contributed by atoms with Crippen LogP contribution < -0.4 is 10.6 Å². The Morgan fingerprint density at radius 1 is 1.15 bits per heavy atom. The number of para-hydroxylation sites is 1. The van der Waals surface area contributed by atoms with Gasteiger partial charge in [0.25, 0.3) is 0 Å². The molecule has 1 atom stereocenters. The van der Waals surface area contributed by atoms with Crippen molar-refractivity contribution in [2.24, 2.45) is 0 Å². The lowest BCUT2D eigenvalue weighted by Crippen LogP contribution is -2.37. The fourth-order valence-electron chi connectivity index (χ4n) is 3.48. The maximum atomic E-state index is 12.4. The molecule has 26 heavy (non-hydrogen) atoms. The minimum Gasteiger partial charge on any atom is -0.334 e. The first-order chi connectivity index (χ1) is 12.6. The van der Waals surface area contributed by atoms with Gasteiger partial charge < -0.3 is 10.6 Å². The first-order valence-electron chi connectivity index (χ1n) is 8.47. The molecule has 1 unspecified atom stereocenters. The molecule has 0 saturated heterocycles. The molecule has 0 bridgehead atoms. The number of rotatable bonds is 3. The van der Waals surface area contributed by atoms with Gasteiger partial charge >= 0.3 is 6.03 Å². The Morgan fingerprint density at radius 2 is 2.00 bits per heavy atom. The predicted molar refractivity (Wildman–Crippen MR) is 105 cm³/mol. The van der Waals surface area contributed by atoms with Crippen molar-refractivity contribution < 1.29 is 4.79 Å². The van der Waals surface area contributed by atoms with Crippen LogP contribution >= 0.6 is 23.2 Å². The first-order valence-corrected chi connectivity index (χ1v) is 9.23. The second-order valence-corrected chi connectivity index (χ2v) is 7.12. The normalized spacial score (nSPS) is 15.7. The summed E-state index contributed by atoms with van der Waals surface area (Å²) in [5.74, 6) is 0. The molecule has 4 nitrogen and oxygen atoms in total. The van der Waals surface area contributed by atoms with Gasteiger partial charge in [-0.2, -0.15) is 0 Å². The molecule has 1 aromatic heterocycles. The summed E-state index contributed by atoms with van der Waals surface area (Å²) >= 11 is 12.3. The van der Waals surface area contributed by atoms with Crippen molar-refractivity contribution in [3.8, 4) is 0 Å². The number of urea groups is 1. The van der Waals surface area contributed by atoms with Crippen LogP contribution in [0.15, 0.2) is 48.7 Å². The number of aromatic nitrogens is 1. The fourth-order valence-corrected chi connectivity index (χ4v) is 3.92. The van der Waals surface area contributed by atoms with Crippen LogP contribution in [0.2, 0.25) is 10.0 Å². The van der Waals surface area contributed by atoms with Crippen LogP contribution in [-0.4, -0.2) is 11.0 Å². The maximum Gasteiger partial charge on any atom is 0.315 e. The van der Waals surface area contributed by atoms with E-state index >= 15 is 0 Å². The third-order valence-electron chi connectivity index (χ3n) is 4.75. The molecule has 2 N–H and O–H groups in total. The van der Waals surface area contributed by atoms with E-state index in [4.69, 9.17) is 23.2 Å². The van der Waals surface area contributed by atoms with E-state index in [-0.39, 0.29) is 12.1 Å². The van der Waals surface area contributed by atoms with E-state index in [1.54, 1.807) is 12.3 Å². The molecule has 1 aliphatic carbocycles. The molecule has 0 fully saturated rings. The van der Waals surface area contributed by atoms with Gasteiger partial charge in [-0.05, 0) is 41.7 Å². The quantitative estimate of drug-likeness (QED) is 0.664. The van der Waals surface area contributed by atoms with E-state index in [1.807, 2.05) is 36.4 Å². The van der Waals surface area contributed by atoms with Gasteiger partial charge in [0.05, 0.1) is 21.6 Å². The fraction of sp³-hybridized carbons (Fsp3) is 0.200. The van der Waals surface area contributed by atoms with Crippen molar-refractivity contribution in [2.75, 3.05) is 0 Å². The highest BCUT2D eigenvalue weighted by Gasteiger charge is 2.26. The molecule has 6 heteroatoms. The van der Waals surface area contributed by atoms with Crippen LogP contribution in [0.5, 0.6) is 0 Å². The summed E-state index contributed by atoms with van der Waals surface area (Å²) in [5.41, 5.74) is 3.96. The number of fused-ring (bicyclic) bond motifs is 2. The molecule has 4 rings (SSSR count). The van der Waals surface area contributed by atoms with E-state index in [0.717, 1.165) is 40.4 Å². The number of pyridine rings is 1. The average Bonchev–Trinajstić information content (AvgIpc) is 3.06. The number of carbonyl (C=O) groups excluding carboxylic acids is 1. The zero-order valence-corrected chi connectivity index (χ0v) is 15.4. The summed E-state index contributed by atoms with van der Waals surface area (Å²) in [4.78, 5) is 16.8. The Labute approximate surface area is 161 Å². The Hall–Kier alpha value is -2.30. The molecule has 0 radical (unpaired) electrons. The SMILES string of the molecule is O=C(NCc1cccc2cccnc12)NC1CCc2c1ccc(Cl)c2Cl. The summed E-state index contributed by atoms with van der Waals surface area (Å²) in [6.45, 7) is 0.418. The zero-order valence-electron chi connectivity index (χ0n) is 13.9. The predicted octanol–water partition coefficient (Wildman–Crippen LogP) is 5.03. The zero-order chi connectivity index (χ0) is 18.1. The molecule has 132 valence electrons. The van der Waals surface area contributed by atoms with Crippen LogP contribution in [0.4, 0.5) is 4.79 Å². The topological polar surface area (TPSA) is 54.0 Å². The van der Waals surface area contributed by atoms with Crippen molar-refractivity contribution >= 4 is 40.1 Å². The molecule has 1 heterocycles. The third kappa shape index (κ3) is 3.22. The number of hydrogen-bond acceptors (Lipinski definition) is 2. The number of amides is 2. The van der Waals surface area contributed by atoms with Crippen molar-refractivity contribution in [1.29, 1.82) is 0 Å². The minimum absolute atomic E-state index is 0.0505. The number of benzene rings is 2. The van der Waals surface area contributed by atoms with Crippen molar-refractivity contribution in [1.82, 2.24) is 15.6 Å². The van der Waals surface area contributed by atoms with Gasteiger partial charge in [0, 0.05) is 18.1 Å². The second-order valence-electron chi connectivity index (χ2n) is 6.34. The van der Waals surface area contributed by atoms with Crippen molar-refractivity contribution in [3.63, 3.8) is 0 Å². The Morgan fingerprint density at radius 3 is 2.88 bits per heavy atom. The van der Waals surface area contributed by atoms with Gasteiger partial charge in [0.1, 0.15) is 0 Å². The third-order valence-corrected chi connectivity index (χ3v) is 5.60. The second kappa shape index (κ2) is 7.14. The summed E-state index contributed by atoms with van der Waals surface area (Å²) in [6.07, 6.45) is 3.39. The molecule has 2 amide bonds. The number of halogens is 2. The van der Waals surface area contributed by atoms with E-state index < -0.39 is 0 Å². The van der Waals surface area contributed by atoms with Gasteiger partial charge in [0.2, 0.25) is 0 Å². The lowest BCUT2D eigenvalue weighted by molar-refractivity contribution is 0.236. The van der Waals surface area contributed by atoms with Gasteiger partial charge in [0.15, 0.2) is 0 Å². The van der Waals surface area contributed by atoms with Crippen LogP contribution in [0, 0.1) is 0 Å². The number of carbonyl (C=O) groups is 1. The molecular formula is C20H17Cl2N3O. The number of nitrogens with one attached hydrogen (secondary N) is 2. The molecule has 3 aromatic rings. The van der Waals surface area contributed by atoms with Gasteiger partial charge in [-0.25, -0.2) is 4.79 Å². The van der Waals surface area contributed by atoms with E-state index in [2.05, 4.69) is 15.6 Å². The highest BCUT2D eigenvalue weighted by molar-refractivity contribution is 6.42. The molecule has 0 saturated carbocycles. The molecule has 0 aliphatic heterocycles. The van der Waals surface area contributed by atoms with Gasteiger partial charge in [-0.15, -0.1) is 0 Å². The highest BCUT2D eigenvalue weighted by atomic mass is 35.5. The van der Waals surface area contributed by atoms with Crippen LogP contribution in [-0.2, 0) is 13.0 Å². The summed E-state index contributed by atoms with van der Waals surface area (Å²) in [7, 11) is 0. The van der Waals surface area contributed by atoms with Gasteiger partial charge in [-0.3, -0.25) is 4.98 Å². The van der Waals surface area contributed by atoms with Crippen LogP contribution in [0.25, 0.3) is 10.9 Å². The van der Waals surface area contributed by atoms with Crippen LogP contribution in [0.3, 0.4) is 0 Å². The first kappa shape index (κ1) is 17.1. The van der Waals surface area contributed by atoms with E-state index in [0.29, 0.717) is 16.6 Å². The average molecular weight is 386 g/mol. The summed E-state index contributed by atoms with van der Waals surface area (Å²) in [6, 6.07) is 13.3. The monoisotopic (exact) mass is 385 g/mol. The van der Waals surface area contributed by atoms with Crippen LogP contribution in [0.1, 0.15) is 29.2 Å². The highest BCUT2D eigenvalue weighted by Crippen LogP contribution is 2.38. The van der Waals surface area contributed by atoms with Crippen molar-refractivity contribution in [3.05, 3.63) is 75.4 Å². The largest absolute Gasteiger partial charge is 0.334 e. The Bertz CT molecular complexity index is 985. The summed E-state index contributed by atoms with van der Waals surface area (Å²) in [5, 5.41) is 8.16. The lowest BCUT2D eigenvalue weighted by atomic mass is 10.1. The van der Waals surface area contributed by atoms with E-state index in [1.165, 1.54) is 0 Å². The molecule has 2 aromatic carbocycles. The molecule has 1 aliphatic rings. The molecular weight excluding hydrogens is 369 g/mol. The maximum absolute atomic E-state index is 12.4. The standard InChI is InChI=1S/C20H17Cl2N3O/c21-16-8-6-14-15(18(16)22)7-9-17(14)25-20(26)24-11-13-4-1-3-12-5-2-10-23-19(12)13/h1-6,8,10,17H,7,9,11H2,(H2,24,25,26). The smallest absolute Gasteiger partial charge is 0.315 e.